The minimum Gasteiger partial charge on any atom is -0.325 e. The van der Waals surface area contributed by atoms with Gasteiger partial charge in [0.25, 0.3) is 5.56 Å². The van der Waals surface area contributed by atoms with Gasteiger partial charge in [0.05, 0.1) is 21.7 Å². The third-order valence-corrected chi connectivity index (χ3v) is 6.35. The van der Waals surface area contributed by atoms with Crippen LogP contribution in [0.5, 0.6) is 0 Å². The Morgan fingerprint density at radius 2 is 2.06 bits per heavy atom. The fraction of sp³-hybridized carbons (Fsp3) is 0.0476. The van der Waals surface area contributed by atoms with Crippen molar-refractivity contribution in [2.45, 2.75) is 5.16 Å². The average molecular weight is 471 g/mol. The first-order valence-corrected chi connectivity index (χ1v) is 11.1. The van der Waals surface area contributed by atoms with E-state index in [1.807, 2.05) is 6.07 Å². The first kappa shape index (κ1) is 21.1. The maximum absolute atomic E-state index is 13.2. The monoisotopic (exact) mass is 470 g/mol. The van der Waals surface area contributed by atoms with Crippen LogP contribution in [0, 0.1) is 17.1 Å². The summed E-state index contributed by atoms with van der Waals surface area (Å²) in [6.45, 7) is 0. The van der Waals surface area contributed by atoms with Gasteiger partial charge in [0.15, 0.2) is 5.16 Å². The number of thiophene rings is 1. The second-order valence-electron chi connectivity index (χ2n) is 6.35. The predicted molar refractivity (Wildman–Crippen MR) is 121 cm³/mol. The fourth-order valence-corrected chi connectivity index (χ4v) is 4.74. The van der Waals surface area contributed by atoms with Crippen molar-refractivity contribution in [2.24, 2.45) is 0 Å². The number of carbonyl (C=O) groups is 1. The summed E-state index contributed by atoms with van der Waals surface area (Å²) in [5, 5.41) is 14.4. The largest absolute Gasteiger partial charge is 0.325 e. The first-order valence-electron chi connectivity index (χ1n) is 8.84. The minimum absolute atomic E-state index is 0.0161. The van der Waals surface area contributed by atoms with Gasteiger partial charge < -0.3 is 10.3 Å². The third kappa shape index (κ3) is 4.61. The maximum Gasteiger partial charge on any atom is 0.260 e. The number of carbonyl (C=O) groups excluding carboxylic acids is 1. The van der Waals surface area contributed by atoms with Crippen LogP contribution < -0.4 is 10.9 Å². The van der Waals surface area contributed by atoms with E-state index in [4.69, 9.17) is 16.9 Å². The van der Waals surface area contributed by atoms with Crippen LogP contribution >= 0.6 is 34.7 Å². The molecule has 0 aliphatic carbocycles. The molecule has 2 aromatic carbocycles. The van der Waals surface area contributed by atoms with E-state index in [0.29, 0.717) is 32.2 Å². The Morgan fingerprint density at radius 3 is 2.77 bits per heavy atom. The molecule has 0 aliphatic rings. The van der Waals surface area contributed by atoms with Crippen LogP contribution in [0.15, 0.2) is 57.8 Å². The third-order valence-electron chi connectivity index (χ3n) is 4.29. The Labute approximate surface area is 188 Å². The van der Waals surface area contributed by atoms with Crippen molar-refractivity contribution >= 4 is 56.5 Å². The Hall–Kier alpha value is -3.19. The van der Waals surface area contributed by atoms with Gasteiger partial charge in [0.2, 0.25) is 5.91 Å². The molecule has 6 nitrogen and oxygen atoms in total. The van der Waals surface area contributed by atoms with Crippen LogP contribution in [0.2, 0.25) is 5.02 Å². The number of H-pyrrole nitrogens is 1. The first-order chi connectivity index (χ1) is 14.9. The number of rotatable bonds is 5. The van der Waals surface area contributed by atoms with Gasteiger partial charge in [-0.05, 0) is 35.9 Å². The van der Waals surface area contributed by atoms with Crippen molar-refractivity contribution in [3.63, 3.8) is 0 Å². The van der Waals surface area contributed by atoms with E-state index >= 15 is 0 Å². The van der Waals surface area contributed by atoms with Crippen molar-refractivity contribution < 1.29 is 9.18 Å². The summed E-state index contributed by atoms with van der Waals surface area (Å²) < 4.78 is 13.2. The second kappa shape index (κ2) is 8.89. The number of benzene rings is 2. The van der Waals surface area contributed by atoms with E-state index < -0.39 is 0 Å². The van der Waals surface area contributed by atoms with E-state index in [2.05, 4.69) is 15.3 Å². The van der Waals surface area contributed by atoms with E-state index in [0.717, 1.165) is 17.3 Å². The lowest BCUT2D eigenvalue weighted by atomic mass is 10.1. The smallest absolute Gasteiger partial charge is 0.260 e. The van der Waals surface area contributed by atoms with Gasteiger partial charge in [0.1, 0.15) is 16.7 Å². The molecule has 1 amide bonds. The number of nitriles is 1. The topological polar surface area (TPSA) is 98.6 Å². The molecule has 0 fully saturated rings. The lowest BCUT2D eigenvalue weighted by Gasteiger charge is -2.06. The predicted octanol–water partition coefficient (Wildman–Crippen LogP) is 5.05. The lowest BCUT2D eigenvalue weighted by molar-refractivity contribution is -0.113. The van der Waals surface area contributed by atoms with Crippen LogP contribution in [-0.4, -0.2) is 21.6 Å². The zero-order valence-corrected chi connectivity index (χ0v) is 18.0. The molecule has 0 saturated carbocycles. The van der Waals surface area contributed by atoms with Gasteiger partial charge in [-0.15, -0.1) is 11.3 Å². The lowest BCUT2D eigenvalue weighted by Crippen LogP contribution is -2.15. The molecule has 0 unspecified atom stereocenters. The van der Waals surface area contributed by atoms with Crippen LogP contribution in [0.25, 0.3) is 21.3 Å². The number of nitrogens with one attached hydrogen (secondary N) is 2. The molecule has 0 radical (unpaired) electrons. The number of hydrogen-bond donors (Lipinski definition) is 2. The van der Waals surface area contributed by atoms with Crippen molar-refractivity contribution in [1.82, 2.24) is 9.97 Å². The molecule has 2 aromatic heterocycles. The Morgan fingerprint density at radius 1 is 1.29 bits per heavy atom. The summed E-state index contributed by atoms with van der Waals surface area (Å²) in [4.78, 5) is 32.5. The van der Waals surface area contributed by atoms with Crippen molar-refractivity contribution in [3.8, 4) is 17.2 Å². The van der Waals surface area contributed by atoms with Gasteiger partial charge in [-0.25, -0.2) is 9.37 Å². The molecule has 2 heterocycles. The molecule has 0 spiro atoms. The number of aromatic amines is 1. The Balaban J connectivity index is 1.49. The zero-order valence-electron chi connectivity index (χ0n) is 15.6. The van der Waals surface area contributed by atoms with Gasteiger partial charge in [-0.1, -0.05) is 35.5 Å². The SMILES string of the molecule is N#Cc1ccc(NC(=O)CSc2nc3scc(-c4ccc(F)cc4)c3c(=O)[nH]2)cc1Cl. The molecule has 0 saturated heterocycles. The molecule has 154 valence electrons. The minimum atomic E-state index is -0.351. The van der Waals surface area contributed by atoms with Crippen LogP contribution in [-0.2, 0) is 4.79 Å². The standard InChI is InChI=1S/C21H12ClFN4O2S2/c22-16-7-14(6-3-12(16)8-24)25-17(28)10-31-21-26-19(29)18-15(9-30-20(18)27-21)11-1-4-13(23)5-2-11/h1-7,9H,10H2,(H,25,28)(H,26,27,29). The highest BCUT2D eigenvalue weighted by molar-refractivity contribution is 7.99. The normalized spacial score (nSPS) is 10.7. The number of thioether (sulfide) groups is 1. The molecular weight excluding hydrogens is 459 g/mol. The van der Waals surface area contributed by atoms with E-state index in [-0.39, 0.29) is 28.1 Å². The number of anilines is 1. The van der Waals surface area contributed by atoms with Gasteiger partial charge in [-0.2, -0.15) is 5.26 Å². The van der Waals surface area contributed by atoms with E-state index in [9.17, 15) is 14.0 Å². The van der Waals surface area contributed by atoms with Crippen molar-refractivity contribution in [2.75, 3.05) is 11.1 Å². The number of amides is 1. The molecule has 4 aromatic rings. The fourth-order valence-electron chi connectivity index (χ4n) is 2.85. The average Bonchev–Trinajstić information content (AvgIpc) is 3.18. The Kier molecular flexibility index (Phi) is 6.04. The Bertz CT molecular complexity index is 1390. The van der Waals surface area contributed by atoms with Gasteiger partial charge >= 0.3 is 0 Å². The molecule has 31 heavy (non-hydrogen) atoms. The summed E-state index contributed by atoms with van der Waals surface area (Å²) in [5.41, 5.74) is 1.86. The quantitative estimate of drug-likeness (QED) is 0.314. The van der Waals surface area contributed by atoms with Crippen LogP contribution in [0.1, 0.15) is 5.56 Å². The molecule has 4 rings (SSSR count). The number of hydrogen-bond acceptors (Lipinski definition) is 6. The number of nitrogens with zero attached hydrogens (tertiary/aromatic N) is 2. The van der Waals surface area contributed by atoms with E-state index in [1.165, 1.54) is 35.6 Å². The summed E-state index contributed by atoms with van der Waals surface area (Å²) in [6, 6.07) is 12.4. The molecule has 0 aliphatic heterocycles. The summed E-state index contributed by atoms with van der Waals surface area (Å²) in [6.07, 6.45) is 0. The second-order valence-corrected chi connectivity index (χ2v) is 8.58. The number of aromatic nitrogens is 2. The highest BCUT2D eigenvalue weighted by Crippen LogP contribution is 2.31. The summed E-state index contributed by atoms with van der Waals surface area (Å²) in [7, 11) is 0. The summed E-state index contributed by atoms with van der Waals surface area (Å²) >= 11 is 8.36. The highest BCUT2D eigenvalue weighted by atomic mass is 35.5. The number of fused-ring (bicyclic) bond motifs is 1. The van der Waals surface area contributed by atoms with Crippen molar-refractivity contribution in [1.29, 1.82) is 5.26 Å². The zero-order chi connectivity index (χ0) is 22.0. The van der Waals surface area contributed by atoms with Crippen molar-refractivity contribution in [3.05, 3.63) is 74.6 Å². The van der Waals surface area contributed by atoms with Gasteiger partial charge in [-0.3, -0.25) is 9.59 Å². The van der Waals surface area contributed by atoms with Crippen LogP contribution in [0.4, 0.5) is 10.1 Å². The summed E-state index contributed by atoms with van der Waals surface area (Å²) in [5.74, 6) is -0.648. The maximum atomic E-state index is 13.2. The number of halogens is 2. The molecule has 10 heteroatoms. The molecule has 0 bridgehead atoms. The molecular formula is C21H12ClFN4O2S2. The van der Waals surface area contributed by atoms with Crippen LogP contribution in [0.3, 0.4) is 0 Å². The highest BCUT2D eigenvalue weighted by Gasteiger charge is 2.14. The molecule has 2 N–H and O–H groups in total. The molecule has 0 atom stereocenters. The van der Waals surface area contributed by atoms with E-state index in [1.54, 1.807) is 23.6 Å². The van der Waals surface area contributed by atoms with Gasteiger partial charge in [0, 0.05) is 16.6 Å².